The van der Waals surface area contributed by atoms with Crippen LogP contribution in [0, 0.1) is 5.92 Å². The van der Waals surface area contributed by atoms with E-state index in [9.17, 15) is 4.79 Å². The van der Waals surface area contributed by atoms with E-state index >= 15 is 0 Å². The highest BCUT2D eigenvalue weighted by Crippen LogP contribution is 2.23. The van der Waals surface area contributed by atoms with Gasteiger partial charge in [-0.15, -0.1) is 0 Å². The number of carbonyl (C=O) groups excluding carboxylic acids is 1. The maximum absolute atomic E-state index is 12.5. The lowest BCUT2D eigenvalue weighted by atomic mass is 10.0. The number of rotatable bonds is 9. The molecular weight excluding hydrogens is 386 g/mol. The third-order valence-electron chi connectivity index (χ3n) is 4.22. The van der Waals surface area contributed by atoms with E-state index in [0.29, 0.717) is 36.5 Å². The minimum absolute atomic E-state index is 0.0366. The van der Waals surface area contributed by atoms with E-state index in [2.05, 4.69) is 25.8 Å². The van der Waals surface area contributed by atoms with Gasteiger partial charge in [0.05, 0.1) is 18.5 Å². The van der Waals surface area contributed by atoms with E-state index in [0.717, 1.165) is 5.56 Å². The number of methoxy groups -OCH3 is 1. The smallest absolute Gasteiger partial charge is 0.319 e. The van der Waals surface area contributed by atoms with Crippen molar-refractivity contribution in [1.82, 2.24) is 20.4 Å². The first-order chi connectivity index (χ1) is 14.6. The molecule has 0 aliphatic rings. The molecule has 158 valence electrons. The molecule has 1 atom stereocenters. The van der Waals surface area contributed by atoms with Crippen LogP contribution in [0.25, 0.3) is 11.4 Å². The maximum atomic E-state index is 12.5. The Morgan fingerprint density at radius 2 is 1.93 bits per heavy atom. The molecule has 2 N–H and O–H groups in total. The second kappa shape index (κ2) is 10.4. The number of anilines is 1. The first-order valence-corrected chi connectivity index (χ1v) is 9.61. The summed E-state index contributed by atoms with van der Waals surface area (Å²) < 4.78 is 15.7. The average molecular weight is 411 g/mol. The van der Waals surface area contributed by atoms with Crippen LogP contribution in [0.4, 0.5) is 10.5 Å². The third-order valence-corrected chi connectivity index (χ3v) is 4.22. The molecule has 3 rings (SSSR count). The van der Waals surface area contributed by atoms with Gasteiger partial charge in [-0.05, 0) is 12.0 Å². The lowest BCUT2D eigenvalue weighted by Gasteiger charge is -2.18. The fourth-order valence-corrected chi connectivity index (χ4v) is 2.66. The zero-order chi connectivity index (χ0) is 21.3. The molecular formula is C21H25N5O4. The Labute approximate surface area is 174 Å². The van der Waals surface area contributed by atoms with Crippen molar-refractivity contribution in [2.45, 2.75) is 19.9 Å². The Balaban J connectivity index is 1.61. The summed E-state index contributed by atoms with van der Waals surface area (Å²) in [7, 11) is 1.60. The van der Waals surface area contributed by atoms with Crippen molar-refractivity contribution in [3.05, 3.63) is 54.6 Å². The number of carbonyl (C=O) groups is 1. The van der Waals surface area contributed by atoms with Crippen molar-refractivity contribution in [3.8, 4) is 17.3 Å². The van der Waals surface area contributed by atoms with Crippen LogP contribution in [0.1, 0.15) is 25.8 Å². The van der Waals surface area contributed by atoms with Crippen LogP contribution in [-0.2, 0) is 4.74 Å². The molecule has 0 bridgehead atoms. The Morgan fingerprint density at radius 3 is 2.60 bits per heavy atom. The maximum Gasteiger partial charge on any atom is 0.319 e. The van der Waals surface area contributed by atoms with Crippen LogP contribution >= 0.6 is 0 Å². The highest BCUT2D eigenvalue weighted by atomic mass is 16.5. The molecule has 30 heavy (non-hydrogen) atoms. The van der Waals surface area contributed by atoms with Gasteiger partial charge in [-0.3, -0.25) is 0 Å². The van der Waals surface area contributed by atoms with Crippen molar-refractivity contribution in [1.29, 1.82) is 0 Å². The number of ether oxygens (including phenoxy) is 2. The molecule has 0 spiro atoms. The normalized spacial score (nSPS) is 11.9. The Hall–Kier alpha value is -3.46. The molecule has 2 heterocycles. The predicted molar refractivity (Wildman–Crippen MR) is 111 cm³/mol. The van der Waals surface area contributed by atoms with Crippen LogP contribution in [0.3, 0.4) is 0 Å². The second-order valence-corrected chi connectivity index (χ2v) is 6.87. The van der Waals surface area contributed by atoms with Crippen molar-refractivity contribution >= 4 is 11.7 Å². The van der Waals surface area contributed by atoms with Gasteiger partial charge < -0.3 is 24.6 Å². The zero-order valence-corrected chi connectivity index (χ0v) is 17.2. The fraction of sp³-hybridized carbons (Fsp3) is 0.333. The first-order valence-electron chi connectivity index (χ1n) is 9.61. The number of nitrogens with one attached hydrogen (secondary N) is 2. The van der Waals surface area contributed by atoms with Gasteiger partial charge in [0.15, 0.2) is 0 Å². The molecule has 0 radical (unpaired) electrons. The predicted octanol–water partition coefficient (Wildman–Crippen LogP) is 3.68. The minimum atomic E-state index is -0.445. The van der Waals surface area contributed by atoms with Crippen molar-refractivity contribution in [3.63, 3.8) is 0 Å². The van der Waals surface area contributed by atoms with Gasteiger partial charge in [0, 0.05) is 18.7 Å². The van der Waals surface area contributed by atoms with E-state index < -0.39 is 12.1 Å². The highest BCUT2D eigenvalue weighted by Gasteiger charge is 2.25. The van der Waals surface area contributed by atoms with Gasteiger partial charge in [-0.25, -0.2) is 9.78 Å². The van der Waals surface area contributed by atoms with Crippen LogP contribution in [0.2, 0.25) is 0 Å². The highest BCUT2D eigenvalue weighted by molar-refractivity contribution is 5.89. The van der Waals surface area contributed by atoms with Crippen LogP contribution in [0.15, 0.2) is 53.2 Å². The topological polar surface area (TPSA) is 111 Å². The van der Waals surface area contributed by atoms with E-state index in [1.54, 1.807) is 19.2 Å². The summed E-state index contributed by atoms with van der Waals surface area (Å²) in [6.07, 6.45) is 1.52. The summed E-state index contributed by atoms with van der Waals surface area (Å²) in [5.41, 5.74) is 1.38. The van der Waals surface area contributed by atoms with Gasteiger partial charge >= 0.3 is 6.03 Å². The van der Waals surface area contributed by atoms with Gasteiger partial charge in [-0.1, -0.05) is 49.3 Å². The molecule has 0 unspecified atom stereocenters. The summed E-state index contributed by atoms with van der Waals surface area (Å²) in [5.74, 6) is 1.32. The molecule has 9 heteroatoms. The zero-order valence-electron chi connectivity index (χ0n) is 17.2. The van der Waals surface area contributed by atoms with E-state index in [-0.39, 0.29) is 5.92 Å². The molecule has 2 amide bonds. The summed E-state index contributed by atoms with van der Waals surface area (Å²) in [4.78, 5) is 21.1. The first kappa shape index (κ1) is 21.3. The van der Waals surface area contributed by atoms with Crippen molar-refractivity contribution in [2.75, 3.05) is 25.6 Å². The number of hydrogen-bond donors (Lipinski definition) is 2. The largest absolute Gasteiger partial charge is 0.475 e. The van der Waals surface area contributed by atoms with Crippen molar-refractivity contribution in [2.24, 2.45) is 5.92 Å². The van der Waals surface area contributed by atoms with Gasteiger partial charge in [0.25, 0.3) is 0 Å². The second-order valence-electron chi connectivity index (χ2n) is 6.87. The number of amides is 2. The average Bonchev–Trinajstić information content (AvgIpc) is 3.24. The quantitative estimate of drug-likeness (QED) is 0.517. The van der Waals surface area contributed by atoms with E-state index in [1.807, 2.05) is 44.2 Å². The molecule has 0 aliphatic heterocycles. The summed E-state index contributed by atoms with van der Waals surface area (Å²) in [5, 5.41) is 9.66. The van der Waals surface area contributed by atoms with Gasteiger partial charge in [-0.2, -0.15) is 4.98 Å². The number of urea groups is 1. The lowest BCUT2D eigenvalue weighted by Crippen LogP contribution is -2.35. The Bertz CT molecular complexity index is 928. The fourth-order valence-electron chi connectivity index (χ4n) is 2.66. The SMILES string of the molecule is COCCOc1ccc(NC(=O)N[C@@H](c2nc(-c3ccccc3)no2)C(C)C)cn1. The Morgan fingerprint density at radius 1 is 1.13 bits per heavy atom. The molecule has 0 saturated carbocycles. The molecule has 2 aromatic heterocycles. The molecule has 0 fully saturated rings. The number of hydrogen-bond acceptors (Lipinski definition) is 7. The van der Waals surface area contributed by atoms with Crippen molar-refractivity contribution < 1.29 is 18.8 Å². The van der Waals surface area contributed by atoms with Crippen LogP contribution in [0.5, 0.6) is 5.88 Å². The van der Waals surface area contributed by atoms with Crippen LogP contribution in [-0.4, -0.2) is 41.5 Å². The van der Waals surface area contributed by atoms with Crippen LogP contribution < -0.4 is 15.4 Å². The van der Waals surface area contributed by atoms with E-state index in [1.165, 1.54) is 6.20 Å². The van der Waals surface area contributed by atoms with Gasteiger partial charge in [0.1, 0.15) is 12.6 Å². The number of benzene rings is 1. The number of pyridine rings is 1. The third kappa shape index (κ3) is 5.77. The molecule has 1 aromatic carbocycles. The molecule has 9 nitrogen and oxygen atoms in total. The lowest BCUT2D eigenvalue weighted by molar-refractivity contribution is 0.144. The number of nitrogens with zero attached hydrogens (tertiary/aromatic N) is 3. The minimum Gasteiger partial charge on any atom is -0.475 e. The number of aromatic nitrogens is 3. The Kier molecular flexibility index (Phi) is 7.34. The standard InChI is InChI=1S/C21H25N5O4/c1-14(2)18(20-25-19(26-30-20)15-7-5-4-6-8-15)24-21(27)23-16-9-10-17(22-13-16)29-12-11-28-3/h4-10,13-14,18H,11-12H2,1-3H3,(H2,23,24,27)/t18-/m1/s1. The summed E-state index contributed by atoms with van der Waals surface area (Å²) in [6, 6.07) is 12.1. The summed E-state index contributed by atoms with van der Waals surface area (Å²) in [6.45, 7) is 4.81. The molecule has 0 saturated heterocycles. The van der Waals surface area contributed by atoms with Gasteiger partial charge in [0.2, 0.25) is 17.6 Å². The summed E-state index contributed by atoms with van der Waals surface area (Å²) >= 11 is 0. The van der Waals surface area contributed by atoms with E-state index in [4.69, 9.17) is 14.0 Å². The molecule has 3 aromatic rings. The monoisotopic (exact) mass is 411 g/mol. The molecule has 0 aliphatic carbocycles.